The lowest BCUT2D eigenvalue weighted by atomic mass is 9.96. The van der Waals surface area contributed by atoms with Crippen LogP contribution in [0.1, 0.15) is 52.9 Å². The normalized spacial score (nSPS) is 21.9. The fourth-order valence-corrected chi connectivity index (χ4v) is 3.53. The van der Waals surface area contributed by atoms with E-state index in [-0.39, 0.29) is 0 Å². The first kappa shape index (κ1) is 14.4. The maximum atomic E-state index is 3.80. The van der Waals surface area contributed by atoms with Crippen LogP contribution in [0, 0.1) is 11.8 Å². The third-order valence-electron chi connectivity index (χ3n) is 3.91. The standard InChI is InChI=1S/C14H29NS/c1-4-12(3)10-14(5-2)15-11-13-6-8-16-9-7-13/h12-15H,4-11H2,1-3H3. The Balaban J connectivity index is 2.16. The van der Waals surface area contributed by atoms with Crippen molar-refractivity contribution in [2.45, 2.75) is 58.9 Å². The summed E-state index contributed by atoms with van der Waals surface area (Å²) in [5.74, 6) is 4.59. The second-order valence-electron chi connectivity index (χ2n) is 5.32. The van der Waals surface area contributed by atoms with E-state index in [4.69, 9.17) is 0 Å². The van der Waals surface area contributed by atoms with Crippen LogP contribution in [0.2, 0.25) is 0 Å². The highest BCUT2D eigenvalue weighted by Gasteiger charge is 2.16. The van der Waals surface area contributed by atoms with Crippen LogP contribution in [-0.4, -0.2) is 24.1 Å². The first-order chi connectivity index (χ1) is 7.76. The Morgan fingerprint density at radius 2 is 1.88 bits per heavy atom. The van der Waals surface area contributed by atoms with E-state index in [1.54, 1.807) is 0 Å². The molecule has 2 heteroatoms. The van der Waals surface area contributed by atoms with Crippen molar-refractivity contribution in [3.8, 4) is 0 Å². The predicted molar refractivity (Wildman–Crippen MR) is 76.2 cm³/mol. The van der Waals surface area contributed by atoms with Gasteiger partial charge in [-0.25, -0.2) is 0 Å². The average Bonchev–Trinajstić information content (AvgIpc) is 2.35. The number of hydrogen-bond acceptors (Lipinski definition) is 2. The summed E-state index contributed by atoms with van der Waals surface area (Å²) in [6, 6.07) is 0.754. The van der Waals surface area contributed by atoms with Gasteiger partial charge in [0.25, 0.3) is 0 Å². The molecular weight excluding hydrogens is 214 g/mol. The molecule has 1 aliphatic rings. The summed E-state index contributed by atoms with van der Waals surface area (Å²) in [7, 11) is 0. The van der Waals surface area contributed by atoms with Crippen LogP contribution in [0.25, 0.3) is 0 Å². The molecule has 1 heterocycles. The molecule has 0 aromatic carbocycles. The quantitative estimate of drug-likeness (QED) is 0.727. The molecule has 0 bridgehead atoms. The topological polar surface area (TPSA) is 12.0 Å². The van der Waals surface area contributed by atoms with E-state index in [2.05, 4.69) is 37.8 Å². The van der Waals surface area contributed by atoms with Crippen molar-refractivity contribution in [2.24, 2.45) is 11.8 Å². The molecular formula is C14H29NS. The first-order valence-corrected chi connectivity index (χ1v) is 8.22. The van der Waals surface area contributed by atoms with E-state index in [0.717, 1.165) is 17.9 Å². The van der Waals surface area contributed by atoms with Crippen molar-refractivity contribution in [3.05, 3.63) is 0 Å². The molecule has 1 fully saturated rings. The number of nitrogens with one attached hydrogen (secondary N) is 1. The second-order valence-corrected chi connectivity index (χ2v) is 6.54. The highest BCUT2D eigenvalue weighted by atomic mass is 32.2. The Labute approximate surface area is 106 Å². The maximum Gasteiger partial charge on any atom is 0.00670 e. The van der Waals surface area contributed by atoms with E-state index in [1.165, 1.54) is 50.2 Å². The summed E-state index contributed by atoms with van der Waals surface area (Å²) < 4.78 is 0. The van der Waals surface area contributed by atoms with Crippen LogP contribution < -0.4 is 5.32 Å². The minimum atomic E-state index is 0.754. The van der Waals surface area contributed by atoms with E-state index in [9.17, 15) is 0 Å². The summed E-state index contributed by atoms with van der Waals surface area (Å²) in [6.45, 7) is 8.25. The molecule has 96 valence electrons. The highest BCUT2D eigenvalue weighted by molar-refractivity contribution is 7.99. The van der Waals surface area contributed by atoms with E-state index >= 15 is 0 Å². The van der Waals surface area contributed by atoms with Crippen molar-refractivity contribution in [1.82, 2.24) is 5.32 Å². The molecule has 1 aliphatic heterocycles. The predicted octanol–water partition coefficient (Wildman–Crippen LogP) is 3.93. The van der Waals surface area contributed by atoms with Gasteiger partial charge in [-0.1, -0.05) is 27.2 Å². The van der Waals surface area contributed by atoms with Crippen molar-refractivity contribution >= 4 is 11.8 Å². The fourth-order valence-electron chi connectivity index (χ4n) is 2.33. The van der Waals surface area contributed by atoms with Gasteiger partial charge in [-0.05, 0) is 55.6 Å². The zero-order valence-corrected chi connectivity index (χ0v) is 12.1. The molecule has 0 saturated carbocycles. The minimum Gasteiger partial charge on any atom is -0.314 e. The van der Waals surface area contributed by atoms with Gasteiger partial charge >= 0.3 is 0 Å². The second kappa shape index (κ2) is 8.41. The molecule has 0 radical (unpaired) electrons. The molecule has 1 saturated heterocycles. The molecule has 1 nitrogen and oxygen atoms in total. The van der Waals surface area contributed by atoms with E-state index in [0.29, 0.717) is 0 Å². The Morgan fingerprint density at radius 1 is 1.19 bits per heavy atom. The summed E-state index contributed by atoms with van der Waals surface area (Å²) in [6.07, 6.45) is 6.81. The molecule has 0 spiro atoms. The van der Waals surface area contributed by atoms with Gasteiger partial charge in [0.1, 0.15) is 0 Å². The lowest BCUT2D eigenvalue weighted by Crippen LogP contribution is -2.35. The first-order valence-electron chi connectivity index (χ1n) is 7.07. The van der Waals surface area contributed by atoms with Gasteiger partial charge in [0.2, 0.25) is 0 Å². The molecule has 0 amide bonds. The highest BCUT2D eigenvalue weighted by Crippen LogP contribution is 2.22. The minimum absolute atomic E-state index is 0.754. The van der Waals surface area contributed by atoms with Gasteiger partial charge < -0.3 is 5.32 Å². The number of hydrogen-bond donors (Lipinski definition) is 1. The molecule has 2 atom stereocenters. The fraction of sp³-hybridized carbons (Fsp3) is 1.00. The van der Waals surface area contributed by atoms with Gasteiger partial charge in [0, 0.05) is 6.04 Å². The van der Waals surface area contributed by atoms with Gasteiger partial charge in [0.05, 0.1) is 0 Å². The Hall–Kier alpha value is 0.310. The summed E-state index contributed by atoms with van der Waals surface area (Å²) in [5, 5.41) is 3.80. The van der Waals surface area contributed by atoms with Crippen LogP contribution in [0.3, 0.4) is 0 Å². The smallest absolute Gasteiger partial charge is 0.00670 e. The lowest BCUT2D eigenvalue weighted by Gasteiger charge is -2.26. The Morgan fingerprint density at radius 3 is 2.44 bits per heavy atom. The van der Waals surface area contributed by atoms with Crippen LogP contribution >= 0.6 is 11.8 Å². The summed E-state index contributed by atoms with van der Waals surface area (Å²) in [4.78, 5) is 0. The van der Waals surface area contributed by atoms with E-state index < -0.39 is 0 Å². The SMILES string of the molecule is CCC(C)CC(CC)NCC1CCSCC1. The van der Waals surface area contributed by atoms with Crippen molar-refractivity contribution in [1.29, 1.82) is 0 Å². The van der Waals surface area contributed by atoms with Crippen LogP contribution in [0.15, 0.2) is 0 Å². The molecule has 1 N–H and O–H groups in total. The lowest BCUT2D eigenvalue weighted by molar-refractivity contribution is 0.348. The van der Waals surface area contributed by atoms with Crippen molar-refractivity contribution in [2.75, 3.05) is 18.1 Å². The van der Waals surface area contributed by atoms with Crippen LogP contribution in [0.4, 0.5) is 0 Å². The van der Waals surface area contributed by atoms with Gasteiger partial charge in [-0.2, -0.15) is 11.8 Å². The Kier molecular flexibility index (Phi) is 7.55. The largest absolute Gasteiger partial charge is 0.314 e. The zero-order chi connectivity index (χ0) is 11.8. The monoisotopic (exact) mass is 243 g/mol. The molecule has 0 aromatic heterocycles. The summed E-state index contributed by atoms with van der Waals surface area (Å²) >= 11 is 2.13. The molecule has 0 aliphatic carbocycles. The van der Waals surface area contributed by atoms with Crippen LogP contribution in [-0.2, 0) is 0 Å². The van der Waals surface area contributed by atoms with Gasteiger partial charge in [-0.3, -0.25) is 0 Å². The molecule has 2 unspecified atom stereocenters. The maximum absolute atomic E-state index is 3.80. The summed E-state index contributed by atoms with van der Waals surface area (Å²) in [5.41, 5.74) is 0. The van der Waals surface area contributed by atoms with Crippen LogP contribution in [0.5, 0.6) is 0 Å². The van der Waals surface area contributed by atoms with Crippen molar-refractivity contribution < 1.29 is 0 Å². The molecule has 1 rings (SSSR count). The Bertz CT molecular complexity index is 166. The third-order valence-corrected chi connectivity index (χ3v) is 4.96. The van der Waals surface area contributed by atoms with Gasteiger partial charge in [-0.15, -0.1) is 0 Å². The third kappa shape index (κ3) is 5.58. The average molecular weight is 243 g/mol. The van der Waals surface area contributed by atoms with Gasteiger partial charge in [0.15, 0.2) is 0 Å². The molecule has 0 aromatic rings. The zero-order valence-electron chi connectivity index (χ0n) is 11.3. The number of rotatable bonds is 7. The van der Waals surface area contributed by atoms with E-state index in [1.807, 2.05) is 0 Å². The van der Waals surface area contributed by atoms with Crippen molar-refractivity contribution in [3.63, 3.8) is 0 Å². The number of thioether (sulfide) groups is 1. The molecule has 16 heavy (non-hydrogen) atoms.